The van der Waals surface area contributed by atoms with E-state index in [-0.39, 0.29) is 31.3 Å². The topological polar surface area (TPSA) is 103 Å². The fourth-order valence-corrected chi connectivity index (χ4v) is 5.78. The monoisotopic (exact) mass is 491 g/mol. The van der Waals surface area contributed by atoms with E-state index in [1.807, 2.05) is 4.90 Å². The molecule has 3 fully saturated rings. The summed E-state index contributed by atoms with van der Waals surface area (Å²) in [5.41, 5.74) is 0. The van der Waals surface area contributed by atoms with Gasteiger partial charge >= 0.3 is 0 Å². The van der Waals surface area contributed by atoms with Crippen molar-refractivity contribution >= 4 is 11.8 Å². The summed E-state index contributed by atoms with van der Waals surface area (Å²) < 4.78 is 11.1. The smallest absolute Gasteiger partial charge is 0.236 e. The summed E-state index contributed by atoms with van der Waals surface area (Å²) in [7, 11) is 0. The van der Waals surface area contributed by atoms with Crippen LogP contribution in [0.15, 0.2) is 23.7 Å². The second-order valence-electron chi connectivity index (χ2n) is 10.2. The van der Waals surface area contributed by atoms with Crippen molar-refractivity contribution in [1.29, 1.82) is 0 Å². The number of rotatable bonds is 12. The van der Waals surface area contributed by atoms with Gasteiger partial charge < -0.3 is 29.5 Å². The lowest BCUT2D eigenvalue weighted by Crippen LogP contribution is -2.44. The van der Waals surface area contributed by atoms with Crippen molar-refractivity contribution in [3.05, 3.63) is 23.7 Å². The Kier molecular flexibility index (Phi) is 9.08. The Morgan fingerprint density at radius 1 is 1.23 bits per heavy atom. The molecule has 0 aromatic carbocycles. The Labute approximate surface area is 208 Å². The van der Waals surface area contributed by atoms with Gasteiger partial charge in [-0.3, -0.25) is 14.5 Å². The third kappa shape index (κ3) is 6.37. The van der Waals surface area contributed by atoms with Crippen LogP contribution in [0.4, 0.5) is 0 Å². The van der Waals surface area contributed by atoms with Crippen molar-refractivity contribution in [3.63, 3.8) is 0 Å². The molecule has 2 unspecified atom stereocenters. The summed E-state index contributed by atoms with van der Waals surface area (Å²) in [6, 6.07) is 0.167. The molecule has 3 saturated heterocycles. The van der Waals surface area contributed by atoms with Crippen molar-refractivity contribution in [2.45, 2.75) is 70.6 Å². The molecule has 9 heteroatoms. The molecule has 9 nitrogen and oxygen atoms in total. The highest BCUT2D eigenvalue weighted by atomic mass is 16.7. The SMILES string of the molecule is CCCCN(CCCO)C(=O)CN1C[C@H](C2C=C3OCOC3=CC2)C[C@@H]1CCN1C(=O)CCC1O. The number of nitrogens with zero attached hydrogens (tertiary/aromatic N) is 3. The van der Waals surface area contributed by atoms with Gasteiger partial charge in [-0.2, -0.15) is 0 Å². The number of aliphatic hydroxyl groups excluding tert-OH is 2. The molecule has 4 rings (SSSR count). The largest absolute Gasteiger partial charge is 0.454 e. The molecule has 4 aliphatic rings. The highest BCUT2D eigenvalue weighted by Gasteiger charge is 2.39. The predicted molar refractivity (Wildman–Crippen MR) is 130 cm³/mol. The molecular formula is C26H41N3O6. The second-order valence-corrected chi connectivity index (χ2v) is 10.2. The summed E-state index contributed by atoms with van der Waals surface area (Å²) in [4.78, 5) is 31.2. The first kappa shape index (κ1) is 26.0. The van der Waals surface area contributed by atoms with Crippen LogP contribution < -0.4 is 0 Å². The van der Waals surface area contributed by atoms with Crippen molar-refractivity contribution in [1.82, 2.24) is 14.7 Å². The zero-order valence-electron chi connectivity index (χ0n) is 20.9. The minimum absolute atomic E-state index is 0.0116. The summed E-state index contributed by atoms with van der Waals surface area (Å²) in [5, 5.41) is 19.5. The van der Waals surface area contributed by atoms with Gasteiger partial charge in [-0.25, -0.2) is 0 Å². The number of unbranched alkanes of at least 4 members (excludes halogenated alkanes) is 1. The van der Waals surface area contributed by atoms with Crippen LogP contribution >= 0.6 is 0 Å². The van der Waals surface area contributed by atoms with E-state index in [4.69, 9.17) is 9.47 Å². The van der Waals surface area contributed by atoms with E-state index in [1.165, 1.54) is 0 Å². The lowest BCUT2D eigenvalue weighted by Gasteiger charge is -2.30. The van der Waals surface area contributed by atoms with Crippen LogP contribution in [0.3, 0.4) is 0 Å². The zero-order valence-corrected chi connectivity index (χ0v) is 20.9. The minimum Gasteiger partial charge on any atom is -0.454 e. The van der Waals surface area contributed by atoms with Gasteiger partial charge in [-0.1, -0.05) is 13.3 Å². The maximum Gasteiger partial charge on any atom is 0.236 e. The number of carbonyl (C=O) groups is 2. The third-order valence-electron chi connectivity index (χ3n) is 7.84. The first-order chi connectivity index (χ1) is 17.0. The third-order valence-corrected chi connectivity index (χ3v) is 7.84. The van der Waals surface area contributed by atoms with E-state index in [9.17, 15) is 19.8 Å². The van der Waals surface area contributed by atoms with Crippen LogP contribution in [-0.2, 0) is 19.1 Å². The lowest BCUT2D eigenvalue weighted by molar-refractivity contribution is -0.135. The number of carbonyl (C=O) groups excluding carboxylic acids is 2. The highest BCUT2D eigenvalue weighted by Crippen LogP contribution is 2.39. The Morgan fingerprint density at radius 3 is 2.77 bits per heavy atom. The Balaban J connectivity index is 1.42. The molecule has 0 radical (unpaired) electrons. The fraction of sp³-hybridized carbons (Fsp3) is 0.769. The molecule has 3 heterocycles. The van der Waals surface area contributed by atoms with E-state index < -0.39 is 6.23 Å². The Morgan fingerprint density at radius 2 is 2.03 bits per heavy atom. The number of likely N-dealkylation sites (tertiary alicyclic amines) is 2. The molecule has 35 heavy (non-hydrogen) atoms. The van der Waals surface area contributed by atoms with Gasteiger partial charge in [0.25, 0.3) is 0 Å². The number of allylic oxidation sites excluding steroid dienone is 2. The maximum atomic E-state index is 13.3. The van der Waals surface area contributed by atoms with Gasteiger partial charge in [0.15, 0.2) is 11.5 Å². The zero-order chi connectivity index (χ0) is 24.8. The molecule has 2 N–H and O–H groups in total. The van der Waals surface area contributed by atoms with Crippen molar-refractivity contribution in [2.24, 2.45) is 11.8 Å². The molecular weight excluding hydrogens is 450 g/mol. The van der Waals surface area contributed by atoms with E-state index in [0.717, 1.165) is 50.2 Å². The van der Waals surface area contributed by atoms with Crippen LogP contribution in [0.1, 0.15) is 58.3 Å². The molecule has 3 aliphatic heterocycles. The van der Waals surface area contributed by atoms with Crippen LogP contribution in [0.25, 0.3) is 0 Å². The summed E-state index contributed by atoms with van der Waals surface area (Å²) >= 11 is 0. The van der Waals surface area contributed by atoms with Gasteiger partial charge in [-0.05, 0) is 56.1 Å². The molecule has 196 valence electrons. The van der Waals surface area contributed by atoms with Gasteiger partial charge in [0.1, 0.15) is 6.23 Å². The summed E-state index contributed by atoms with van der Waals surface area (Å²) in [6.07, 6.45) is 9.62. The van der Waals surface area contributed by atoms with Crippen LogP contribution in [0.5, 0.6) is 0 Å². The molecule has 0 aromatic rings. The first-order valence-electron chi connectivity index (χ1n) is 13.3. The Hall–Kier alpha value is -2.10. The van der Waals surface area contributed by atoms with Crippen LogP contribution in [-0.4, -0.2) is 95.1 Å². The molecule has 0 saturated carbocycles. The first-order valence-corrected chi connectivity index (χ1v) is 13.3. The van der Waals surface area contributed by atoms with Crippen molar-refractivity contribution in [3.8, 4) is 0 Å². The molecule has 0 bridgehead atoms. The number of hydrogen-bond acceptors (Lipinski definition) is 7. The van der Waals surface area contributed by atoms with Crippen molar-refractivity contribution in [2.75, 3.05) is 46.1 Å². The molecule has 0 aromatic heterocycles. The number of fused-ring (bicyclic) bond motifs is 1. The number of hydrogen-bond donors (Lipinski definition) is 2. The highest BCUT2D eigenvalue weighted by molar-refractivity contribution is 5.79. The molecule has 2 amide bonds. The van der Waals surface area contributed by atoms with Gasteiger partial charge in [0.2, 0.25) is 18.6 Å². The number of aliphatic hydroxyl groups is 2. The molecule has 0 spiro atoms. The standard InChI is InChI=1S/C26H41N3O6/c1-2-3-10-27(11-4-13-30)26(33)17-28-16-20(19-5-6-22-23(15-19)35-18-34-22)14-21(28)9-12-29-24(31)7-8-25(29)32/h6,15,19-21,24,30-31H,2-5,7-14,16-18H2,1H3/t19?,20-,21+,24?/m1/s1. The average Bonchev–Trinajstić information content (AvgIpc) is 3.56. The quantitative estimate of drug-likeness (QED) is 0.429. The number of ether oxygens (including phenoxy) is 2. The maximum absolute atomic E-state index is 13.3. The van der Waals surface area contributed by atoms with Gasteiger partial charge in [-0.15, -0.1) is 0 Å². The Bertz CT molecular complexity index is 807. The van der Waals surface area contributed by atoms with E-state index >= 15 is 0 Å². The minimum atomic E-state index is -0.691. The van der Waals surface area contributed by atoms with E-state index in [2.05, 4.69) is 24.0 Å². The van der Waals surface area contributed by atoms with Crippen LogP contribution in [0.2, 0.25) is 0 Å². The summed E-state index contributed by atoms with van der Waals surface area (Å²) in [5.74, 6) is 2.47. The molecule has 1 aliphatic carbocycles. The predicted octanol–water partition coefficient (Wildman–Crippen LogP) is 1.81. The second kappa shape index (κ2) is 12.2. The van der Waals surface area contributed by atoms with E-state index in [1.54, 1.807) is 4.90 Å². The number of amides is 2. The fourth-order valence-electron chi connectivity index (χ4n) is 5.78. The lowest BCUT2D eigenvalue weighted by atomic mass is 9.84. The van der Waals surface area contributed by atoms with Crippen molar-refractivity contribution < 1.29 is 29.3 Å². The van der Waals surface area contributed by atoms with Gasteiger partial charge in [0.05, 0.1) is 6.54 Å². The van der Waals surface area contributed by atoms with Crippen LogP contribution in [0, 0.1) is 11.8 Å². The van der Waals surface area contributed by atoms with Gasteiger partial charge in [0, 0.05) is 51.7 Å². The van der Waals surface area contributed by atoms with E-state index in [0.29, 0.717) is 57.3 Å². The summed E-state index contributed by atoms with van der Waals surface area (Å²) in [6.45, 7) is 5.42. The average molecular weight is 492 g/mol. The molecule has 4 atom stereocenters. The normalized spacial score (nSPS) is 28.4.